The average Bonchev–Trinajstić information content (AvgIpc) is 2.74. The predicted molar refractivity (Wildman–Crippen MR) is 64.1 cm³/mol. The number of carbonyl (C=O) groups is 1. The fourth-order valence-corrected chi connectivity index (χ4v) is 3.55. The minimum atomic E-state index is 0.248. The van der Waals surface area contributed by atoms with Gasteiger partial charge in [0, 0.05) is 25.2 Å². The number of thioether (sulfide) groups is 1. The number of nitrogens with one attached hydrogen (secondary N) is 1. The lowest BCUT2D eigenvalue weighted by molar-refractivity contribution is -0.134. The molecular formula is C11H20N2OS. The van der Waals surface area contributed by atoms with Crippen molar-refractivity contribution in [2.75, 3.05) is 18.8 Å². The van der Waals surface area contributed by atoms with E-state index in [4.69, 9.17) is 0 Å². The summed E-state index contributed by atoms with van der Waals surface area (Å²) in [4.78, 5) is 14.3. The number of amides is 1. The van der Waals surface area contributed by atoms with Gasteiger partial charge in [-0.2, -0.15) is 0 Å². The van der Waals surface area contributed by atoms with Gasteiger partial charge >= 0.3 is 0 Å². The second-order valence-corrected chi connectivity index (χ2v) is 5.83. The number of hydrogen-bond donors (Lipinski definition) is 1. The van der Waals surface area contributed by atoms with Gasteiger partial charge in [-0.05, 0) is 32.4 Å². The van der Waals surface area contributed by atoms with Gasteiger partial charge in [-0.3, -0.25) is 4.79 Å². The second kappa shape index (κ2) is 4.74. The first-order valence-corrected chi connectivity index (χ1v) is 6.90. The van der Waals surface area contributed by atoms with E-state index in [0.29, 0.717) is 18.0 Å². The van der Waals surface area contributed by atoms with Gasteiger partial charge in [-0.1, -0.05) is 0 Å². The van der Waals surface area contributed by atoms with Crippen LogP contribution in [0.4, 0.5) is 0 Å². The molecule has 0 aliphatic carbocycles. The molecule has 0 saturated carbocycles. The quantitative estimate of drug-likeness (QED) is 0.729. The maximum Gasteiger partial charge on any atom is 0.236 e. The number of hydrogen-bond acceptors (Lipinski definition) is 3. The van der Waals surface area contributed by atoms with Crippen molar-refractivity contribution in [3.8, 4) is 0 Å². The Kier molecular flexibility index (Phi) is 3.57. The van der Waals surface area contributed by atoms with Crippen molar-refractivity contribution in [1.29, 1.82) is 0 Å². The van der Waals surface area contributed by atoms with E-state index in [1.165, 1.54) is 6.42 Å². The number of nitrogens with zero attached hydrogens (tertiary/aromatic N) is 1. The molecule has 4 heteroatoms. The van der Waals surface area contributed by atoms with Crippen LogP contribution < -0.4 is 5.32 Å². The fraction of sp³-hybridized carbons (Fsp3) is 0.909. The number of piperazine rings is 1. The minimum Gasteiger partial charge on any atom is -0.336 e. The molecule has 3 unspecified atom stereocenters. The van der Waals surface area contributed by atoms with Crippen LogP contribution in [0.25, 0.3) is 0 Å². The molecule has 0 aromatic carbocycles. The molecule has 2 heterocycles. The van der Waals surface area contributed by atoms with Gasteiger partial charge in [0.2, 0.25) is 5.91 Å². The smallest absolute Gasteiger partial charge is 0.236 e. The van der Waals surface area contributed by atoms with Crippen molar-refractivity contribution in [1.82, 2.24) is 10.2 Å². The van der Waals surface area contributed by atoms with Crippen molar-refractivity contribution < 1.29 is 4.79 Å². The van der Waals surface area contributed by atoms with Crippen LogP contribution in [0.2, 0.25) is 0 Å². The van der Waals surface area contributed by atoms with E-state index in [1.54, 1.807) is 0 Å². The Morgan fingerprint density at radius 1 is 1.47 bits per heavy atom. The maximum atomic E-state index is 12.2. The van der Waals surface area contributed by atoms with Crippen LogP contribution in [0.15, 0.2) is 0 Å². The largest absolute Gasteiger partial charge is 0.336 e. The molecule has 2 aliphatic heterocycles. The van der Waals surface area contributed by atoms with Crippen LogP contribution in [-0.2, 0) is 4.79 Å². The molecule has 0 aromatic rings. The van der Waals surface area contributed by atoms with Crippen molar-refractivity contribution in [2.24, 2.45) is 0 Å². The SMILES string of the molecule is CC1NCCN(C(=O)C2CCCS2)C1C. The average molecular weight is 228 g/mol. The molecule has 2 rings (SSSR count). The minimum absolute atomic E-state index is 0.248. The summed E-state index contributed by atoms with van der Waals surface area (Å²) in [5, 5.41) is 3.65. The van der Waals surface area contributed by atoms with Gasteiger partial charge in [0.05, 0.1) is 5.25 Å². The van der Waals surface area contributed by atoms with Crippen molar-refractivity contribution >= 4 is 17.7 Å². The molecular weight excluding hydrogens is 208 g/mol. The van der Waals surface area contributed by atoms with Gasteiger partial charge < -0.3 is 10.2 Å². The molecule has 15 heavy (non-hydrogen) atoms. The highest BCUT2D eigenvalue weighted by Gasteiger charge is 2.33. The Bertz CT molecular complexity index is 241. The van der Waals surface area contributed by atoms with E-state index in [2.05, 4.69) is 24.1 Å². The maximum absolute atomic E-state index is 12.2. The summed E-state index contributed by atoms with van der Waals surface area (Å²) in [5.74, 6) is 1.53. The molecule has 3 nitrogen and oxygen atoms in total. The summed E-state index contributed by atoms with van der Waals surface area (Å²) in [6, 6.07) is 0.765. The molecule has 86 valence electrons. The lowest BCUT2D eigenvalue weighted by Crippen LogP contribution is -2.58. The lowest BCUT2D eigenvalue weighted by atomic mass is 10.1. The van der Waals surface area contributed by atoms with Crippen LogP contribution in [-0.4, -0.2) is 47.0 Å². The van der Waals surface area contributed by atoms with Gasteiger partial charge in [0.15, 0.2) is 0 Å². The molecule has 2 fully saturated rings. The highest BCUT2D eigenvalue weighted by atomic mass is 32.2. The summed E-state index contributed by atoms with van der Waals surface area (Å²) in [6.07, 6.45) is 2.28. The normalized spacial score (nSPS) is 36.9. The third-order valence-corrected chi connectivity index (χ3v) is 4.89. The molecule has 1 amide bonds. The van der Waals surface area contributed by atoms with Crippen molar-refractivity contribution in [3.63, 3.8) is 0 Å². The summed E-state index contributed by atoms with van der Waals surface area (Å²) in [5.41, 5.74) is 0. The zero-order valence-electron chi connectivity index (χ0n) is 9.53. The fourth-order valence-electron chi connectivity index (χ4n) is 2.33. The zero-order chi connectivity index (χ0) is 10.8. The van der Waals surface area contributed by atoms with Crippen molar-refractivity contribution in [2.45, 2.75) is 44.0 Å². The Labute approximate surface area is 96.0 Å². The molecule has 3 atom stereocenters. The molecule has 2 aliphatic rings. The predicted octanol–water partition coefficient (Wildman–Crippen LogP) is 1.09. The Balaban J connectivity index is 1.98. The van der Waals surface area contributed by atoms with Crippen LogP contribution in [0, 0.1) is 0 Å². The second-order valence-electron chi connectivity index (χ2n) is 4.52. The third-order valence-electron chi connectivity index (χ3n) is 3.52. The summed E-state index contributed by atoms with van der Waals surface area (Å²) >= 11 is 1.84. The van der Waals surface area contributed by atoms with Crippen LogP contribution in [0.5, 0.6) is 0 Å². The van der Waals surface area contributed by atoms with E-state index in [1.807, 2.05) is 11.8 Å². The van der Waals surface area contributed by atoms with Gasteiger partial charge in [0.1, 0.15) is 0 Å². The van der Waals surface area contributed by atoms with Gasteiger partial charge in [-0.25, -0.2) is 0 Å². The van der Waals surface area contributed by atoms with Crippen LogP contribution >= 0.6 is 11.8 Å². The highest BCUT2D eigenvalue weighted by Crippen LogP contribution is 2.28. The van der Waals surface area contributed by atoms with E-state index >= 15 is 0 Å². The van der Waals surface area contributed by atoms with E-state index < -0.39 is 0 Å². The number of carbonyl (C=O) groups excluding carboxylic acids is 1. The molecule has 0 aromatic heterocycles. The molecule has 1 N–H and O–H groups in total. The first-order chi connectivity index (χ1) is 7.20. The summed E-state index contributed by atoms with van der Waals surface area (Å²) < 4.78 is 0. The van der Waals surface area contributed by atoms with E-state index in [0.717, 1.165) is 25.3 Å². The Morgan fingerprint density at radius 2 is 2.27 bits per heavy atom. The topological polar surface area (TPSA) is 32.3 Å². The Hall–Kier alpha value is -0.220. The molecule has 0 bridgehead atoms. The van der Waals surface area contributed by atoms with Gasteiger partial charge in [0.25, 0.3) is 0 Å². The zero-order valence-corrected chi connectivity index (χ0v) is 10.3. The van der Waals surface area contributed by atoms with Crippen LogP contribution in [0.1, 0.15) is 26.7 Å². The third kappa shape index (κ3) is 2.31. The van der Waals surface area contributed by atoms with E-state index in [-0.39, 0.29) is 5.25 Å². The standard InChI is InChI=1S/C11H20N2OS/c1-8-9(2)13(6-5-12-8)11(14)10-4-3-7-15-10/h8-10,12H,3-7H2,1-2H3. The van der Waals surface area contributed by atoms with Crippen LogP contribution in [0.3, 0.4) is 0 Å². The number of rotatable bonds is 1. The monoisotopic (exact) mass is 228 g/mol. The molecule has 0 spiro atoms. The highest BCUT2D eigenvalue weighted by molar-refractivity contribution is 8.00. The summed E-state index contributed by atoms with van der Waals surface area (Å²) in [7, 11) is 0. The molecule has 2 saturated heterocycles. The Morgan fingerprint density at radius 3 is 2.93 bits per heavy atom. The van der Waals surface area contributed by atoms with Crippen molar-refractivity contribution in [3.05, 3.63) is 0 Å². The molecule has 0 radical (unpaired) electrons. The lowest BCUT2D eigenvalue weighted by Gasteiger charge is -2.39. The first kappa shape index (κ1) is 11.3. The van der Waals surface area contributed by atoms with E-state index in [9.17, 15) is 4.79 Å². The first-order valence-electron chi connectivity index (χ1n) is 5.85. The van der Waals surface area contributed by atoms with Gasteiger partial charge in [-0.15, -0.1) is 11.8 Å². The summed E-state index contributed by atoms with van der Waals surface area (Å²) in [6.45, 7) is 6.12.